The summed E-state index contributed by atoms with van der Waals surface area (Å²) >= 11 is 1.32. The predicted molar refractivity (Wildman–Crippen MR) is 134 cm³/mol. The number of amides is 1. The zero-order valence-corrected chi connectivity index (χ0v) is 21.8. The normalized spacial score (nSPS) is 11.9. The number of ether oxygens (including phenoxy) is 1. The number of nitrogens with zero attached hydrogens (tertiary/aromatic N) is 3. The number of nitrogens with one attached hydrogen (secondary N) is 2. The fourth-order valence-corrected chi connectivity index (χ4v) is 3.62. The van der Waals surface area contributed by atoms with Gasteiger partial charge in [0.2, 0.25) is 0 Å². The van der Waals surface area contributed by atoms with Crippen LogP contribution in [0.2, 0.25) is 0 Å². The topological polar surface area (TPSA) is 95.9 Å². The predicted octanol–water partition coefficient (Wildman–Crippen LogP) is 3.37. The van der Waals surface area contributed by atoms with Crippen molar-refractivity contribution in [1.82, 2.24) is 20.5 Å². The van der Waals surface area contributed by atoms with Gasteiger partial charge >= 0.3 is 5.97 Å². The Morgan fingerprint density at radius 3 is 2.45 bits per heavy atom. The Bertz CT molecular complexity index is 912. The number of benzene rings is 1. The number of rotatable bonds is 7. The standard InChI is InChI=1S/C21H29N5O3S.HI/c1-7-29-20(28)17-13(2)24-18(30-17)14(3)25-21(22-4)23-12-15-8-10-16(11-9-15)19(27)26(5)6;/h8-11,14H,7,12H2,1-6H3,(H2,22,23,25);1H. The second-order valence-electron chi connectivity index (χ2n) is 6.88. The van der Waals surface area contributed by atoms with E-state index in [-0.39, 0.29) is 41.9 Å². The zero-order valence-electron chi connectivity index (χ0n) is 18.7. The molecule has 0 fully saturated rings. The van der Waals surface area contributed by atoms with Gasteiger partial charge in [-0.2, -0.15) is 0 Å². The number of aliphatic imine (C=N–C) groups is 1. The lowest BCUT2D eigenvalue weighted by Gasteiger charge is -2.16. The maximum absolute atomic E-state index is 12.0. The number of hydrogen-bond donors (Lipinski definition) is 2. The minimum atomic E-state index is -0.343. The Morgan fingerprint density at radius 1 is 1.26 bits per heavy atom. The summed E-state index contributed by atoms with van der Waals surface area (Å²) in [4.78, 5) is 34.8. The average Bonchev–Trinajstić information content (AvgIpc) is 3.12. The first-order chi connectivity index (χ1) is 14.3. The summed E-state index contributed by atoms with van der Waals surface area (Å²) < 4.78 is 5.08. The lowest BCUT2D eigenvalue weighted by atomic mass is 10.1. The molecule has 1 aromatic carbocycles. The SMILES string of the molecule is CCOC(=O)c1sc(C(C)NC(=NC)NCc2ccc(C(=O)N(C)C)cc2)nc1C.I. The molecule has 2 aromatic rings. The van der Waals surface area contributed by atoms with Crippen LogP contribution in [0.25, 0.3) is 0 Å². The van der Waals surface area contributed by atoms with Crippen LogP contribution < -0.4 is 10.6 Å². The third kappa shape index (κ3) is 7.46. The van der Waals surface area contributed by atoms with Gasteiger partial charge in [0.15, 0.2) is 5.96 Å². The van der Waals surface area contributed by atoms with Crippen molar-refractivity contribution in [1.29, 1.82) is 0 Å². The third-order valence-electron chi connectivity index (χ3n) is 4.29. The molecule has 170 valence electrons. The number of carbonyl (C=O) groups excluding carboxylic acids is 2. The van der Waals surface area contributed by atoms with E-state index in [1.165, 1.54) is 11.3 Å². The van der Waals surface area contributed by atoms with Gasteiger partial charge in [0.25, 0.3) is 5.91 Å². The fraction of sp³-hybridized carbons (Fsp3) is 0.429. The Morgan fingerprint density at radius 2 is 1.90 bits per heavy atom. The molecule has 0 spiro atoms. The summed E-state index contributed by atoms with van der Waals surface area (Å²) in [7, 11) is 5.15. The van der Waals surface area contributed by atoms with Crippen molar-refractivity contribution in [2.45, 2.75) is 33.4 Å². The van der Waals surface area contributed by atoms with Crippen molar-refractivity contribution < 1.29 is 14.3 Å². The first-order valence-corrected chi connectivity index (χ1v) is 10.5. The van der Waals surface area contributed by atoms with Gasteiger partial charge < -0.3 is 20.3 Å². The zero-order chi connectivity index (χ0) is 22.3. The molecule has 0 saturated heterocycles. The molecular formula is C21H30IN5O3S. The molecule has 0 saturated carbocycles. The molecule has 31 heavy (non-hydrogen) atoms. The molecule has 10 heteroatoms. The quantitative estimate of drug-likeness (QED) is 0.234. The van der Waals surface area contributed by atoms with Crippen LogP contribution in [0.5, 0.6) is 0 Å². The van der Waals surface area contributed by atoms with Crippen molar-refractivity contribution in [3.8, 4) is 0 Å². The van der Waals surface area contributed by atoms with E-state index < -0.39 is 0 Å². The van der Waals surface area contributed by atoms with Crippen molar-refractivity contribution >= 4 is 53.1 Å². The van der Waals surface area contributed by atoms with Crippen LogP contribution in [0, 0.1) is 6.92 Å². The van der Waals surface area contributed by atoms with Gasteiger partial charge in [0, 0.05) is 33.3 Å². The largest absolute Gasteiger partial charge is 0.462 e. The van der Waals surface area contributed by atoms with Crippen LogP contribution in [0.1, 0.15) is 56.2 Å². The minimum Gasteiger partial charge on any atom is -0.462 e. The van der Waals surface area contributed by atoms with Crippen LogP contribution in [-0.4, -0.2) is 55.5 Å². The summed E-state index contributed by atoms with van der Waals surface area (Å²) in [6.45, 7) is 6.43. The second-order valence-corrected chi connectivity index (χ2v) is 7.91. The van der Waals surface area contributed by atoms with Gasteiger partial charge in [-0.1, -0.05) is 12.1 Å². The summed E-state index contributed by atoms with van der Waals surface area (Å²) in [5.74, 6) is 0.243. The van der Waals surface area contributed by atoms with Gasteiger partial charge in [-0.15, -0.1) is 35.3 Å². The van der Waals surface area contributed by atoms with E-state index in [0.29, 0.717) is 35.2 Å². The number of thiazole rings is 1. The molecule has 2 rings (SSSR count). The van der Waals surface area contributed by atoms with Gasteiger partial charge in [-0.05, 0) is 38.5 Å². The Labute approximate surface area is 204 Å². The lowest BCUT2D eigenvalue weighted by Crippen LogP contribution is -2.38. The molecule has 0 radical (unpaired) electrons. The van der Waals surface area contributed by atoms with Crippen LogP contribution >= 0.6 is 35.3 Å². The van der Waals surface area contributed by atoms with Gasteiger partial charge in [-0.25, -0.2) is 9.78 Å². The minimum absolute atomic E-state index is 0. The summed E-state index contributed by atoms with van der Waals surface area (Å²) in [5, 5.41) is 7.32. The summed E-state index contributed by atoms with van der Waals surface area (Å²) in [6.07, 6.45) is 0. The molecule has 0 aliphatic heterocycles. The average molecular weight is 559 g/mol. The molecule has 2 N–H and O–H groups in total. The van der Waals surface area contributed by atoms with E-state index >= 15 is 0 Å². The van der Waals surface area contributed by atoms with Gasteiger partial charge in [0.1, 0.15) is 9.88 Å². The highest BCUT2D eigenvalue weighted by molar-refractivity contribution is 14.0. The number of aryl methyl sites for hydroxylation is 1. The Kier molecular flexibility index (Phi) is 10.9. The molecule has 0 aliphatic rings. The van der Waals surface area contributed by atoms with E-state index in [2.05, 4.69) is 20.6 Å². The number of guanidine groups is 1. The van der Waals surface area contributed by atoms with Gasteiger partial charge in [0.05, 0.1) is 18.3 Å². The Balaban J connectivity index is 0.00000480. The highest BCUT2D eigenvalue weighted by Gasteiger charge is 2.20. The molecule has 1 unspecified atom stereocenters. The van der Waals surface area contributed by atoms with Gasteiger partial charge in [-0.3, -0.25) is 9.79 Å². The molecule has 1 heterocycles. The van der Waals surface area contributed by atoms with Crippen molar-refractivity contribution in [2.24, 2.45) is 4.99 Å². The number of aromatic nitrogens is 1. The maximum Gasteiger partial charge on any atom is 0.350 e. The molecular weight excluding hydrogens is 529 g/mol. The van der Waals surface area contributed by atoms with E-state index in [4.69, 9.17) is 4.74 Å². The first kappa shape index (κ1) is 26.8. The van der Waals surface area contributed by atoms with E-state index in [1.807, 2.05) is 31.2 Å². The third-order valence-corrected chi connectivity index (χ3v) is 5.61. The van der Waals surface area contributed by atoms with Crippen LogP contribution in [-0.2, 0) is 11.3 Å². The summed E-state index contributed by atoms with van der Waals surface area (Å²) in [6, 6.07) is 7.32. The lowest BCUT2D eigenvalue weighted by molar-refractivity contribution is 0.0530. The monoisotopic (exact) mass is 559 g/mol. The van der Waals surface area contributed by atoms with Crippen molar-refractivity contribution in [3.05, 3.63) is 51.0 Å². The highest BCUT2D eigenvalue weighted by Crippen LogP contribution is 2.24. The van der Waals surface area contributed by atoms with Crippen LogP contribution in [0.4, 0.5) is 0 Å². The molecule has 8 nitrogen and oxygen atoms in total. The number of hydrogen-bond acceptors (Lipinski definition) is 6. The number of halogens is 1. The van der Waals surface area contributed by atoms with Crippen molar-refractivity contribution in [2.75, 3.05) is 27.7 Å². The first-order valence-electron chi connectivity index (χ1n) is 9.69. The molecule has 0 bridgehead atoms. The smallest absolute Gasteiger partial charge is 0.350 e. The summed E-state index contributed by atoms with van der Waals surface area (Å²) in [5.41, 5.74) is 2.34. The molecule has 1 amide bonds. The van der Waals surface area contributed by atoms with Crippen LogP contribution in [0.3, 0.4) is 0 Å². The maximum atomic E-state index is 12.0. The second kappa shape index (κ2) is 12.6. The van der Waals surface area contributed by atoms with Crippen LogP contribution in [0.15, 0.2) is 29.3 Å². The fourth-order valence-electron chi connectivity index (χ4n) is 2.66. The Hall–Kier alpha value is -2.21. The number of carbonyl (C=O) groups is 2. The highest BCUT2D eigenvalue weighted by atomic mass is 127. The molecule has 1 aromatic heterocycles. The molecule has 0 aliphatic carbocycles. The van der Waals surface area contributed by atoms with E-state index in [1.54, 1.807) is 39.9 Å². The molecule has 1 atom stereocenters. The van der Waals surface area contributed by atoms with E-state index in [9.17, 15) is 9.59 Å². The number of esters is 1. The van der Waals surface area contributed by atoms with E-state index in [0.717, 1.165) is 10.6 Å². The van der Waals surface area contributed by atoms with Crippen molar-refractivity contribution in [3.63, 3.8) is 0 Å².